The molecule has 9 aromatic carbocycles. The molecule has 0 aliphatic carbocycles. The lowest BCUT2D eigenvalue weighted by atomic mass is 9.84. The summed E-state index contributed by atoms with van der Waals surface area (Å²) in [6.45, 7) is 0. The Hall–Kier alpha value is -6.44. The Morgan fingerprint density at radius 1 is 0.400 bits per heavy atom. The minimum atomic E-state index is -0.617. The third kappa shape index (κ3) is 4.63. The molecule has 0 saturated heterocycles. The van der Waals surface area contributed by atoms with E-state index in [-0.39, 0.29) is 38.2 Å². The molecule has 1 nitrogen and oxygen atoms in total. The summed E-state index contributed by atoms with van der Waals surface area (Å²) in [5.74, 6) is 0. The molecule has 1 heterocycles. The molecule has 0 aliphatic heterocycles. The molecule has 0 bridgehead atoms. The van der Waals surface area contributed by atoms with Crippen molar-refractivity contribution in [1.29, 1.82) is 0 Å². The lowest BCUT2D eigenvalue weighted by Gasteiger charge is -2.19. The molecule has 0 saturated carbocycles. The largest absolute Gasteiger partial charge is 0.456 e. The summed E-state index contributed by atoms with van der Waals surface area (Å²) < 4.78 is 121. The first-order chi connectivity index (χ1) is 30.2. The Morgan fingerprint density at radius 3 is 1.76 bits per heavy atom. The Bertz CT molecular complexity index is 3520. The van der Waals surface area contributed by atoms with Gasteiger partial charge < -0.3 is 4.42 Å². The average Bonchev–Trinajstić information content (AvgIpc) is 3.68. The van der Waals surface area contributed by atoms with E-state index in [4.69, 9.17) is 16.8 Å². The van der Waals surface area contributed by atoms with Gasteiger partial charge in [0.2, 0.25) is 0 Å². The van der Waals surface area contributed by atoms with Crippen LogP contribution in [0.3, 0.4) is 0 Å². The van der Waals surface area contributed by atoms with E-state index in [1.54, 1.807) is 6.07 Å². The normalized spacial score (nSPS) is 15.3. The van der Waals surface area contributed by atoms with E-state index in [2.05, 4.69) is 18.2 Å². The first kappa shape index (κ1) is 18.4. The van der Waals surface area contributed by atoms with Crippen molar-refractivity contribution < 1.29 is 22.2 Å². The van der Waals surface area contributed by atoms with Gasteiger partial charge >= 0.3 is 0 Å². The van der Waals surface area contributed by atoms with Gasteiger partial charge in [0.05, 0.1) is 17.8 Å². The minimum Gasteiger partial charge on any atom is -0.456 e. The second kappa shape index (κ2) is 11.6. The molecule has 0 radical (unpaired) electrons. The number of fused-ring (bicyclic) bond motifs is 6. The summed E-state index contributed by atoms with van der Waals surface area (Å²) in [4.78, 5) is 0. The van der Waals surface area contributed by atoms with Crippen molar-refractivity contribution in [3.05, 3.63) is 193 Å². The zero-order chi connectivity index (χ0) is 44.3. The molecule has 1 aromatic heterocycles. The number of hydrogen-bond acceptors (Lipinski definition) is 1. The molecule has 0 unspecified atom stereocenters. The van der Waals surface area contributed by atoms with Gasteiger partial charge in [-0.15, -0.1) is 0 Å². The maximum absolute atomic E-state index is 9.39. The summed E-state index contributed by atoms with van der Waals surface area (Å²) in [7, 11) is 0. The maximum atomic E-state index is 9.39. The highest BCUT2D eigenvalue weighted by Crippen LogP contribution is 2.45. The van der Waals surface area contributed by atoms with Crippen LogP contribution in [0, 0.1) is 0 Å². The van der Waals surface area contributed by atoms with Gasteiger partial charge in [-0.25, -0.2) is 0 Å². The molecule has 0 aliphatic rings. The average molecular weight is 650 g/mol. The van der Waals surface area contributed by atoms with E-state index in [1.807, 2.05) is 78.9 Å². The Balaban J connectivity index is 1.27. The minimum absolute atomic E-state index is 0.0151. The van der Waals surface area contributed by atoms with Crippen molar-refractivity contribution in [1.82, 2.24) is 0 Å². The van der Waals surface area contributed by atoms with Gasteiger partial charge in [-0.2, -0.15) is 0 Å². The summed E-state index contributed by atoms with van der Waals surface area (Å²) in [5.41, 5.74) is 5.65. The molecule has 234 valence electrons. The summed E-state index contributed by atoms with van der Waals surface area (Å²) in [5, 5.41) is 3.04. The van der Waals surface area contributed by atoms with Gasteiger partial charge in [-0.1, -0.05) is 157 Å². The smallest absolute Gasteiger partial charge is 0.136 e. The van der Waals surface area contributed by atoms with Crippen LogP contribution in [0.4, 0.5) is 0 Å². The first-order valence-electron chi connectivity index (χ1n) is 22.7. The topological polar surface area (TPSA) is 13.1 Å². The van der Waals surface area contributed by atoms with E-state index in [9.17, 15) is 5.48 Å². The number of hydrogen-bond donors (Lipinski definition) is 0. The fourth-order valence-corrected chi connectivity index (χ4v) is 7.21. The van der Waals surface area contributed by atoms with Crippen LogP contribution in [-0.4, -0.2) is 0 Å². The van der Waals surface area contributed by atoms with Crippen LogP contribution in [0.1, 0.15) is 28.9 Å². The molecular weight excluding hydrogens is 605 g/mol. The molecule has 0 fully saturated rings. The Labute approximate surface area is 308 Å². The van der Waals surface area contributed by atoms with Gasteiger partial charge in [0.25, 0.3) is 0 Å². The molecule has 10 aromatic rings. The van der Waals surface area contributed by atoms with Gasteiger partial charge in [0, 0.05) is 10.8 Å². The van der Waals surface area contributed by atoms with Crippen LogP contribution >= 0.6 is 0 Å². The standard InChI is InChI=1S/C49H32O/c1-3-13-32(14-4-1)29-45-39-19-9-11-21-42(39)49(43-22-12-10-20-40(43)45)44-27-26-36(37-17-7-8-18-38(37)44)35-24-28-47-46(30-35)41-25-23-34(31-48(41)50-47)33-15-5-2-6-16-33/h1-28,30-31H,29H2/i1D,3D,4D,9D,10D,11D,12D,13D,14D,19D,20D,21D,22D. The summed E-state index contributed by atoms with van der Waals surface area (Å²) in [6.07, 6.45) is -0.494. The van der Waals surface area contributed by atoms with Crippen molar-refractivity contribution in [2.45, 2.75) is 6.42 Å². The third-order valence-corrected chi connectivity index (χ3v) is 9.47. The SMILES string of the molecule is [2H]c1c([2H])c([2H])c(Cc2c3c([2H])c([2H])c([2H])c([2H])c3c(-c3ccc(-c4ccc5oc6cc(-c7ccccc7)ccc6c5c4)c4ccccc34)c3c([2H])c([2H])c([2H])c([2H])c23)c([2H])c1[2H]. The number of rotatable bonds is 5. The Kier molecular flexibility index (Phi) is 4.26. The fraction of sp³-hybridized carbons (Fsp3) is 0.0204. The molecule has 1 heteroatoms. The second-order valence-electron chi connectivity index (χ2n) is 12.2. The zero-order valence-electron chi connectivity index (χ0n) is 39.4. The van der Waals surface area contributed by atoms with Crippen molar-refractivity contribution in [3.63, 3.8) is 0 Å². The van der Waals surface area contributed by atoms with Crippen molar-refractivity contribution >= 4 is 54.3 Å². The lowest BCUT2D eigenvalue weighted by Crippen LogP contribution is -1.96. The van der Waals surface area contributed by atoms with E-state index >= 15 is 0 Å². The molecule has 50 heavy (non-hydrogen) atoms. The van der Waals surface area contributed by atoms with Crippen LogP contribution in [0.5, 0.6) is 0 Å². The van der Waals surface area contributed by atoms with Crippen LogP contribution in [0.2, 0.25) is 0 Å². The van der Waals surface area contributed by atoms with Crippen LogP contribution in [-0.2, 0) is 6.42 Å². The van der Waals surface area contributed by atoms with Gasteiger partial charge in [0.15, 0.2) is 0 Å². The third-order valence-electron chi connectivity index (χ3n) is 9.47. The summed E-state index contributed by atoms with van der Waals surface area (Å²) in [6, 6.07) is 26.2. The highest BCUT2D eigenvalue weighted by atomic mass is 16.3. The maximum Gasteiger partial charge on any atom is 0.136 e. The molecule has 0 N–H and O–H groups in total. The quantitative estimate of drug-likeness (QED) is 0.169. The van der Waals surface area contributed by atoms with E-state index < -0.39 is 85.0 Å². The predicted molar refractivity (Wildman–Crippen MR) is 212 cm³/mol. The first-order valence-corrected chi connectivity index (χ1v) is 16.2. The van der Waals surface area contributed by atoms with Gasteiger partial charge in [0.1, 0.15) is 11.2 Å². The van der Waals surface area contributed by atoms with Crippen LogP contribution in [0.15, 0.2) is 186 Å². The molecule has 0 amide bonds. The molecule has 0 atom stereocenters. The second-order valence-corrected chi connectivity index (χ2v) is 12.2. The number of furan rings is 1. The predicted octanol–water partition coefficient (Wildman–Crippen LogP) is 13.6. The van der Waals surface area contributed by atoms with Crippen molar-refractivity contribution in [2.75, 3.05) is 0 Å². The monoisotopic (exact) mass is 649 g/mol. The van der Waals surface area contributed by atoms with E-state index in [1.165, 1.54) is 0 Å². The van der Waals surface area contributed by atoms with Gasteiger partial charge in [-0.3, -0.25) is 0 Å². The molecule has 10 rings (SSSR count). The van der Waals surface area contributed by atoms with Crippen molar-refractivity contribution in [3.8, 4) is 33.4 Å². The highest BCUT2D eigenvalue weighted by molar-refractivity contribution is 6.20. The lowest BCUT2D eigenvalue weighted by molar-refractivity contribution is 0.669. The van der Waals surface area contributed by atoms with E-state index in [0.717, 1.165) is 44.0 Å². The summed E-state index contributed by atoms with van der Waals surface area (Å²) >= 11 is 0. The van der Waals surface area contributed by atoms with Crippen molar-refractivity contribution in [2.24, 2.45) is 0 Å². The van der Waals surface area contributed by atoms with Gasteiger partial charge in [-0.05, 0) is 108 Å². The Morgan fingerprint density at radius 2 is 1.02 bits per heavy atom. The van der Waals surface area contributed by atoms with E-state index in [0.29, 0.717) is 16.5 Å². The van der Waals surface area contributed by atoms with Crippen LogP contribution < -0.4 is 0 Å². The highest BCUT2D eigenvalue weighted by Gasteiger charge is 2.19. The number of benzene rings is 9. The van der Waals surface area contributed by atoms with Crippen LogP contribution in [0.25, 0.3) is 87.6 Å². The molecular formula is C49H32O. The fourth-order valence-electron chi connectivity index (χ4n) is 7.21. The zero-order valence-corrected chi connectivity index (χ0v) is 26.4. The molecule has 0 spiro atoms.